The van der Waals surface area contributed by atoms with Crippen LogP contribution in [0, 0.1) is 0 Å². The summed E-state index contributed by atoms with van der Waals surface area (Å²) in [6, 6.07) is 6.95. The van der Waals surface area contributed by atoms with Crippen LogP contribution in [0.25, 0.3) is 0 Å². The van der Waals surface area contributed by atoms with Crippen molar-refractivity contribution < 1.29 is 8.42 Å². The lowest BCUT2D eigenvalue weighted by Crippen LogP contribution is -2.47. The minimum absolute atomic E-state index is 0. The Morgan fingerprint density at radius 1 is 1.44 bits per heavy atom. The summed E-state index contributed by atoms with van der Waals surface area (Å²) in [6.45, 7) is 4.73. The van der Waals surface area contributed by atoms with E-state index >= 15 is 0 Å². The minimum atomic E-state index is -3.42. The van der Waals surface area contributed by atoms with Gasteiger partial charge in [-0.1, -0.05) is 19.1 Å². The molecule has 1 aliphatic rings. The molecule has 1 aromatic carbocycles. The fourth-order valence-corrected chi connectivity index (χ4v) is 4.59. The first-order chi connectivity index (χ1) is 11.5. The van der Waals surface area contributed by atoms with Crippen molar-refractivity contribution in [3.8, 4) is 0 Å². The summed E-state index contributed by atoms with van der Waals surface area (Å²) >= 11 is 2.02. The lowest BCUT2D eigenvalue weighted by molar-refractivity contribution is 0.408. The molecule has 1 aliphatic heterocycles. The maximum atomic E-state index is 11.9. The number of nitrogens with one attached hydrogen (secondary N) is 2. The van der Waals surface area contributed by atoms with Gasteiger partial charge in [-0.2, -0.15) is 11.8 Å². The van der Waals surface area contributed by atoms with Crippen molar-refractivity contribution in [2.75, 3.05) is 32.9 Å². The molecule has 9 heteroatoms. The van der Waals surface area contributed by atoms with Crippen LogP contribution in [-0.2, 0) is 16.6 Å². The van der Waals surface area contributed by atoms with Crippen LogP contribution in [0.5, 0.6) is 0 Å². The van der Waals surface area contributed by atoms with Gasteiger partial charge in [0.1, 0.15) is 0 Å². The topological polar surface area (TPSA) is 73.8 Å². The van der Waals surface area contributed by atoms with Crippen LogP contribution in [0.2, 0.25) is 0 Å². The highest BCUT2D eigenvalue weighted by molar-refractivity contribution is 14.0. The fraction of sp³-hybridized carbons (Fsp3) is 0.562. The third kappa shape index (κ3) is 6.30. The Morgan fingerprint density at radius 2 is 2.20 bits per heavy atom. The summed E-state index contributed by atoms with van der Waals surface area (Å²) in [6.07, 6.45) is 1.15. The summed E-state index contributed by atoms with van der Waals surface area (Å²) in [5, 5.41) is 3.99. The molecule has 1 saturated heterocycles. The van der Waals surface area contributed by atoms with E-state index in [1.807, 2.05) is 17.8 Å². The van der Waals surface area contributed by atoms with E-state index < -0.39 is 10.0 Å². The first-order valence-corrected chi connectivity index (χ1v) is 10.6. The number of hydrogen-bond acceptors (Lipinski definition) is 4. The van der Waals surface area contributed by atoms with Crippen molar-refractivity contribution in [3.05, 3.63) is 29.8 Å². The quantitative estimate of drug-likeness (QED) is 0.370. The van der Waals surface area contributed by atoms with Crippen LogP contribution in [-0.4, -0.2) is 57.5 Å². The molecule has 1 atom stereocenters. The van der Waals surface area contributed by atoms with E-state index in [0.717, 1.165) is 36.8 Å². The Kier molecular flexibility index (Phi) is 9.54. The van der Waals surface area contributed by atoms with E-state index in [4.69, 9.17) is 0 Å². The van der Waals surface area contributed by atoms with Gasteiger partial charge in [0, 0.05) is 37.7 Å². The maximum absolute atomic E-state index is 11.9. The molecule has 0 saturated carbocycles. The zero-order valence-electron chi connectivity index (χ0n) is 14.9. The summed E-state index contributed by atoms with van der Waals surface area (Å²) in [5.41, 5.74) is 0.908. The number of thioether (sulfide) groups is 1. The van der Waals surface area contributed by atoms with E-state index in [9.17, 15) is 8.42 Å². The molecule has 0 radical (unpaired) electrons. The molecular weight excluding hydrogens is 471 g/mol. The second-order valence-corrected chi connectivity index (χ2v) is 8.90. The molecule has 1 aromatic rings. The van der Waals surface area contributed by atoms with Crippen molar-refractivity contribution in [1.29, 1.82) is 0 Å². The van der Waals surface area contributed by atoms with Gasteiger partial charge in [0.25, 0.3) is 0 Å². The molecule has 0 aromatic heterocycles. The number of nitrogens with zero attached hydrogens (tertiary/aromatic N) is 2. The highest BCUT2D eigenvalue weighted by atomic mass is 127. The van der Waals surface area contributed by atoms with Gasteiger partial charge in [0.2, 0.25) is 10.0 Å². The van der Waals surface area contributed by atoms with E-state index in [0.29, 0.717) is 11.8 Å². The summed E-state index contributed by atoms with van der Waals surface area (Å²) in [7, 11) is -0.215. The smallest absolute Gasteiger partial charge is 0.240 e. The Bertz CT molecular complexity index is 682. The highest BCUT2D eigenvalue weighted by Gasteiger charge is 2.21. The zero-order chi connectivity index (χ0) is 17.6. The monoisotopic (exact) mass is 498 g/mol. The Balaban J connectivity index is 0.00000312. The fourth-order valence-electron chi connectivity index (χ4n) is 2.61. The lowest BCUT2D eigenvalue weighted by Gasteiger charge is -2.34. The van der Waals surface area contributed by atoms with Crippen molar-refractivity contribution in [1.82, 2.24) is 14.9 Å². The first kappa shape index (κ1) is 22.5. The second kappa shape index (κ2) is 10.6. The molecular formula is C16H27IN4O2S2. The van der Waals surface area contributed by atoms with Crippen LogP contribution < -0.4 is 10.0 Å². The molecule has 0 amide bonds. The first-order valence-electron chi connectivity index (χ1n) is 8.09. The van der Waals surface area contributed by atoms with E-state index in [2.05, 4.69) is 26.9 Å². The van der Waals surface area contributed by atoms with E-state index in [-0.39, 0.29) is 28.9 Å². The van der Waals surface area contributed by atoms with Gasteiger partial charge in [-0.05, 0) is 31.2 Å². The van der Waals surface area contributed by atoms with Gasteiger partial charge in [-0.25, -0.2) is 13.1 Å². The van der Waals surface area contributed by atoms with E-state index in [1.165, 1.54) is 7.05 Å². The predicted molar refractivity (Wildman–Crippen MR) is 116 cm³/mol. The van der Waals surface area contributed by atoms with Crippen LogP contribution in [0.1, 0.15) is 18.9 Å². The van der Waals surface area contributed by atoms with Crippen molar-refractivity contribution >= 4 is 51.7 Å². The van der Waals surface area contributed by atoms with Crippen molar-refractivity contribution in [3.63, 3.8) is 0 Å². The standard InChI is InChI=1S/C16H26N4O2S2.HI/c1-4-14-12-20(8-9-23-14)16(17-2)19-11-13-6-5-7-15(10-13)24(21,22)18-3;/h5-7,10,14,18H,4,8-9,11-12H2,1-3H3,(H,17,19);1H. The van der Waals surface area contributed by atoms with Crippen molar-refractivity contribution in [2.24, 2.45) is 4.99 Å². The van der Waals surface area contributed by atoms with E-state index in [1.54, 1.807) is 25.2 Å². The molecule has 2 rings (SSSR count). The van der Waals surface area contributed by atoms with Gasteiger partial charge in [0.15, 0.2) is 5.96 Å². The minimum Gasteiger partial charge on any atom is -0.352 e. The molecule has 25 heavy (non-hydrogen) atoms. The van der Waals surface area contributed by atoms with Crippen LogP contribution in [0.15, 0.2) is 34.2 Å². The lowest BCUT2D eigenvalue weighted by atomic mass is 10.2. The number of halogens is 1. The SMILES string of the molecule is CCC1CN(C(=NC)NCc2cccc(S(=O)(=O)NC)c2)CCS1.I. The molecule has 2 N–H and O–H groups in total. The number of sulfonamides is 1. The van der Waals surface area contributed by atoms with Crippen LogP contribution >= 0.6 is 35.7 Å². The number of guanidine groups is 1. The highest BCUT2D eigenvalue weighted by Crippen LogP contribution is 2.21. The largest absolute Gasteiger partial charge is 0.352 e. The Labute approximate surface area is 172 Å². The number of aliphatic imine (C=N–C) groups is 1. The zero-order valence-corrected chi connectivity index (χ0v) is 18.8. The predicted octanol–water partition coefficient (Wildman–Crippen LogP) is 2.12. The Morgan fingerprint density at radius 3 is 2.84 bits per heavy atom. The Hall–Kier alpha value is -0.520. The third-order valence-corrected chi connectivity index (χ3v) is 6.82. The molecule has 0 bridgehead atoms. The summed E-state index contributed by atoms with van der Waals surface area (Å²) < 4.78 is 26.1. The molecule has 0 aliphatic carbocycles. The number of benzene rings is 1. The second-order valence-electron chi connectivity index (χ2n) is 5.60. The summed E-state index contributed by atoms with van der Waals surface area (Å²) in [4.78, 5) is 6.93. The molecule has 6 nitrogen and oxygen atoms in total. The van der Waals surface area contributed by atoms with Crippen molar-refractivity contribution in [2.45, 2.75) is 30.0 Å². The molecule has 142 valence electrons. The van der Waals surface area contributed by atoms with Gasteiger partial charge < -0.3 is 10.2 Å². The molecule has 1 fully saturated rings. The normalized spacial score (nSPS) is 18.6. The maximum Gasteiger partial charge on any atom is 0.240 e. The number of hydrogen-bond donors (Lipinski definition) is 2. The third-order valence-electron chi connectivity index (χ3n) is 4.03. The molecule has 0 spiro atoms. The molecule has 1 heterocycles. The average Bonchev–Trinajstić information content (AvgIpc) is 2.62. The average molecular weight is 498 g/mol. The number of rotatable bonds is 5. The van der Waals surface area contributed by atoms with Gasteiger partial charge >= 0.3 is 0 Å². The molecule has 1 unspecified atom stereocenters. The van der Waals surface area contributed by atoms with Gasteiger partial charge in [0.05, 0.1) is 4.90 Å². The summed E-state index contributed by atoms with van der Waals surface area (Å²) in [5.74, 6) is 1.98. The van der Waals surface area contributed by atoms with Gasteiger partial charge in [-0.3, -0.25) is 4.99 Å². The van der Waals surface area contributed by atoms with Gasteiger partial charge in [-0.15, -0.1) is 24.0 Å². The van der Waals surface area contributed by atoms with Crippen LogP contribution in [0.3, 0.4) is 0 Å². The van der Waals surface area contributed by atoms with Crippen LogP contribution in [0.4, 0.5) is 0 Å².